The average Bonchev–Trinajstić information content (AvgIpc) is 2.43. The molecule has 0 unspecified atom stereocenters. The van der Waals surface area contributed by atoms with Gasteiger partial charge in [-0.1, -0.05) is 0 Å². The molecule has 1 aromatic carbocycles. The van der Waals surface area contributed by atoms with E-state index >= 15 is 0 Å². The van der Waals surface area contributed by atoms with Crippen molar-refractivity contribution in [3.05, 3.63) is 23.8 Å². The smallest absolute Gasteiger partial charge is 0.251 e. The molecule has 0 aliphatic rings. The van der Waals surface area contributed by atoms with Crippen LogP contribution in [-0.2, 0) is 10.0 Å². The summed E-state index contributed by atoms with van der Waals surface area (Å²) in [5, 5.41) is 2.58. The van der Waals surface area contributed by atoms with E-state index in [2.05, 4.69) is 5.32 Å². The molecule has 0 heterocycles. The number of amides is 1. The third-order valence-corrected chi connectivity index (χ3v) is 4.45. The molecule has 8 heteroatoms. The van der Waals surface area contributed by atoms with Gasteiger partial charge in [-0.3, -0.25) is 4.79 Å². The number of carbonyl (C=O) groups excluding carboxylic acids is 1. The van der Waals surface area contributed by atoms with E-state index in [4.69, 9.17) is 10.5 Å². The molecule has 1 rings (SSSR count). The molecule has 0 bridgehead atoms. The van der Waals surface area contributed by atoms with E-state index in [-0.39, 0.29) is 22.1 Å². The molecule has 7 nitrogen and oxygen atoms in total. The van der Waals surface area contributed by atoms with Gasteiger partial charge in [-0.15, -0.1) is 0 Å². The van der Waals surface area contributed by atoms with Gasteiger partial charge in [0.25, 0.3) is 5.91 Å². The van der Waals surface area contributed by atoms with E-state index in [0.717, 1.165) is 4.31 Å². The first-order valence-corrected chi connectivity index (χ1v) is 7.37. The number of hydrogen-bond donors (Lipinski definition) is 2. The molecule has 0 atom stereocenters. The Morgan fingerprint density at radius 3 is 2.55 bits per heavy atom. The minimum absolute atomic E-state index is 0.0506. The van der Waals surface area contributed by atoms with Crippen LogP contribution >= 0.6 is 0 Å². The van der Waals surface area contributed by atoms with Crippen LogP contribution in [0.4, 0.5) is 0 Å². The summed E-state index contributed by atoms with van der Waals surface area (Å²) in [5.74, 6) is -0.192. The van der Waals surface area contributed by atoms with Gasteiger partial charge in [-0.2, -0.15) is 0 Å². The van der Waals surface area contributed by atoms with Gasteiger partial charge in [0.05, 0.1) is 7.11 Å². The van der Waals surface area contributed by atoms with Crippen molar-refractivity contribution in [3.63, 3.8) is 0 Å². The van der Waals surface area contributed by atoms with Crippen molar-refractivity contribution in [1.82, 2.24) is 9.62 Å². The molecule has 1 aromatic rings. The molecule has 20 heavy (non-hydrogen) atoms. The Labute approximate surface area is 118 Å². The zero-order chi connectivity index (χ0) is 15.3. The molecular formula is C12H19N3O4S. The highest BCUT2D eigenvalue weighted by atomic mass is 32.2. The van der Waals surface area contributed by atoms with Crippen molar-refractivity contribution >= 4 is 15.9 Å². The van der Waals surface area contributed by atoms with Crippen molar-refractivity contribution in [2.24, 2.45) is 5.73 Å². The number of ether oxygens (including phenoxy) is 1. The Balaban J connectivity index is 3.26. The zero-order valence-corrected chi connectivity index (χ0v) is 12.5. The van der Waals surface area contributed by atoms with Gasteiger partial charge in [-0.25, -0.2) is 12.7 Å². The quantitative estimate of drug-likeness (QED) is 0.746. The first-order valence-electron chi connectivity index (χ1n) is 5.93. The van der Waals surface area contributed by atoms with Crippen LogP contribution in [0.5, 0.6) is 5.75 Å². The second-order valence-corrected chi connectivity index (χ2v) is 6.32. The normalized spacial score (nSPS) is 11.4. The maximum atomic E-state index is 12.2. The summed E-state index contributed by atoms with van der Waals surface area (Å²) in [6.45, 7) is 0.630. The number of carbonyl (C=O) groups is 1. The number of methoxy groups -OCH3 is 1. The van der Waals surface area contributed by atoms with Gasteiger partial charge >= 0.3 is 0 Å². The number of hydrogen-bond acceptors (Lipinski definition) is 5. The van der Waals surface area contributed by atoms with E-state index in [9.17, 15) is 13.2 Å². The number of sulfonamides is 1. The molecule has 0 fully saturated rings. The zero-order valence-electron chi connectivity index (χ0n) is 11.7. The first kappa shape index (κ1) is 16.4. The molecule has 0 saturated carbocycles. The number of rotatable bonds is 6. The van der Waals surface area contributed by atoms with Crippen LogP contribution in [0.25, 0.3) is 0 Å². The van der Waals surface area contributed by atoms with Gasteiger partial charge in [0.1, 0.15) is 10.6 Å². The maximum absolute atomic E-state index is 12.2. The summed E-state index contributed by atoms with van der Waals surface area (Å²) >= 11 is 0. The Bertz CT molecular complexity index is 584. The highest BCUT2D eigenvalue weighted by Crippen LogP contribution is 2.26. The molecule has 112 valence electrons. The fourth-order valence-electron chi connectivity index (χ4n) is 1.50. The summed E-state index contributed by atoms with van der Waals surface area (Å²) in [6, 6.07) is 4.24. The monoisotopic (exact) mass is 301 g/mol. The van der Waals surface area contributed by atoms with Crippen LogP contribution in [-0.4, -0.2) is 52.9 Å². The summed E-state index contributed by atoms with van der Waals surface area (Å²) in [4.78, 5) is 11.8. The second kappa shape index (κ2) is 6.69. The highest BCUT2D eigenvalue weighted by Gasteiger charge is 2.23. The molecule has 0 aliphatic heterocycles. The lowest BCUT2D eigenvalue weighted by Crippen LogP contribution is -2.29. The molecule has 0 aliphatic carbocycles. The Hall–Kier alpha value is -1.64. The molecule has 0 radical (unpaired) electrons. The van der Waals surface area contributed by atoms with Crippen LogP contribution in [0, 0.1) is 0 Å². The largest absolute Gasteiger partial charge is 0.495 e. The predicted molar refractivity (Wildman–Crippen MR) is 75.3 cm³/mol. The number of nitrogens with zero attached hydrogens (tertiary/aromatic N) is 1. The van der Waals surface area contributed by atoms with Gasteiger partial charge in [0.15, 0.2) is 0 Å². The first-order chi connectivity index (χ1) is 9.34. The van der Waals surface area contributed by atoms with Crippen molar-refractivity contribution in [3.8, 4) is 5.75 Å². The average molecular weight is 301 g/mol. The van der Waals surface area contributed by atoms with Crippen molar-refractivity contribution < 1.29 is 17.9 Å². The number of nitrogens with one attached hydrogen (secondary N) is 1. The van der Waals surface area contributed by atoms with Crippen LogP contribution in [0.3, 0.4) is 0 Å². The Morgan fingerprint density at radius 2 is 2.05 bits per heavy atom. The fourth-order valence-corrected chi connectivity index (χ4v) is 2.58. The lowest BCUT2D eigenvalue weighted by molar-refractivity contribution is 0.0954. The summed E-state index contributed by atoms with van der Waals surface area (Å²) < 4.78 is 30.5. The number of benzene rings is 1. The standard InChI is InChI=1S/C12H19N3O4S/c1-15(2)20(17,18)11-8-9(4-5-10(11)19-3)12(16)14-7-6-13/h4-5,8H,6-7,13H2,1-3H3,(H,14,16). The van der Waals surface area contributed by atoms with Crippen LogP contribution in [0.1, 0.15) is 10.4 Å². The minimum Gasteiger partial charge on any atom is -0.495 e. The molecule has 0 spiro atoms. The summed E-state index contributed by atoms with van der Waals surface area (Å²) in [5.41, 5.74) is 5.54. The van der Waals surface area contributed by atoms with E-state index in [1.807, 2.05) is 0 Å². The molecule has 0 saturated heterocycles. The molecule has 0 aromatic heterocycles. The van der Waals surface area contributed by atoms with Crippen LogP contribution in [0.15, 0.2) is 23.1 Å². The van der Waals surface area contributed by atoms with E-state index < -0.39 is 10.0 Å². The van der Waals surface area contributed by atoms with Crippen LogP contribution in [0.2, 0.25) is 0 Å². The summed E-state index contributed by atoms with van der Waals surface area (Å²) in [7, 11) is 0.506. The van der Waals surface area contributed by atoms with Crippen molar-refractivity contribution in [1.29, 1.82) is 0 Å². The number of nitrogens with two attached hydrogens (primary N) is 1. The minimum atomic E-state index is -3.69. The van der Waals surface area contributed by atoms with E-state index in [1.165, 1.54) is 39.4 Å². The van der Waals surface area contributed by atoms with E-state index in [0.29, 0.717) is 13.1 Å². The third kappa shape index (κ3) is 3.47. The van der Waals surface area contributed by atoms with Gasteiger partial charge < -0.3 is 15.8 Å². The highest BCUT2D eigenvalue weighted by molar-refractivity contribution is 7.89. The topological polar surface area (TPSA) is 102 Å². The summed E-state index contributed by atoms with van der Waals surface area (Å²) in [6.07, 6.45) is 0. The predicted octanol–water partition coefficient (Wildman–Crippen LogP) is -0.366. The molecule has 1 amide bonds. The van der Waals surface area contributed by atoms with Gasteiger partial charge in [0.2, 0.25) is 10.0 Å². The van der Waals surface area contributed by atoms with Crippen molar-refractivity contribution in [2.45, 2.75) is 4.90 Å². The molecule has 3 N–H and O–H groups in total. The molecular weight excluding hydrogens is 282 g/mol. The fraction of sp³-hybridized carbons (Fsp3) is 0.417. The third-order valence-electron chi connectivity index (χ3n) is 2.61. The lowest BCUT2D eigenvalue weighted by atomic mass is 10.2. The van der Waals surface area contributed by atoms with Crippen molar-refractivity contribution in [2.75, 3.05) is 34.3 Å². The van der Waals surface area contributed by atoms with Gasteiger partial charge in [-0.05, 0) is 18.2 Å². The second-order valence-electron chi connectivity index (χ2n) is 4.20. The lowest BCUT2D eigenvalue weighted by Gasteiger charge is -2.15. The Kier molecular flexibility index (Phi) is 5.49. The Morgan fingerprint density at radius 1 is 1.40 bits per heavy atom. The van der Waals surface area contributed by atoms with Gasteiger partial charge in [0, 0.05) is 32.7 Å². The van der Waals surface area contributed by atoms with Crippen LogP contribution < -0.4 is 15.8 Å². The SMILES string of the molecule is COc1ccc(C(=O)NCCN)cc1S(=O)(=O)N(C)C. The maximum Gasteiger partial charge on any atom is 0.251 e. The van der Waals surface area contributed by atoms with E-state index in [1.54, 1.807) is 0 Å².